The van der Waals surface area contributed by atoms with Crippen molar-refractivity contribution in [1.82, 2.24) is 5.32 Å². The number of amides is 1. The summed E-state index contributed by atoms with van der Waals surface area (Å²) in [5, 5.41) is 2.82. The third-order valence-corrected chi connectivity index (χ3v) is 3.94. The van der Waals surface area contributed by atoms with Crippen molar-refractivity contribution in [2.75, 3.05) is 0 Å². The van der Waals surface area contributed by atoms with Crippen molar-refractivity contribution in [1.29, 1.82) is 0 Å². The first-order chi connectivity index (χ1) is 8.97. The maximum atomic E-state index is 13.4. The van der Waals surface area contributed by atoms with Crippen LogP contribution in [0, 0.1) is 26.6 Å². The quantitative estimate of drug-likeness (QED) is 0.909. The molecule has 1 heterocycles. The minimum atomic E-state index is -0.241. The van der Waals surface area contributed by atoms with Crippen LogP contribution in [0.1, 0.15) is 31.2 Å². The van der Waals surface area contributed by atoms with E-state index < -0.39 is 0 Å². The smallest absolute Gasteiger partial charge is 0.252 e. The number of halogens is 1. The second-order valence-corrected chi connectivity index (χ2v) is 6.05. The van der Waals surface area contributed by atoms with E-state index in [2.05, 4.69) is 5.32 Å². The molecular weight excluding hydrogens is 261 g/mol. The van der Waals surface area contributed by atoms with Crippen LogP contribution in [-0.4, -0.2) is 5.91 Å². The van der Waals surface area contributed by atoms with Gasteiger partial charge in [-0.25, -0.2) is 4.39 Å². The fourth-order valence-electron chi connectivity index (χ4n) is 1.88. The fraction of sp³-hybridized carbons (Fsp3) is 0.267. The van der Waals surface area contributed by atoms with Crippen LogP contribution >= 0.6 is 11.3 Å². The number of hydrogen-bond acceptors (Lipinski definition) is 2. The van der Waals surface area contributed by atoms with Crippen LogP contribution in [0.15, 0.2) is 24.3 Å². The second-order valence-electron chi connectivity index (χ2n) is 4.59. The minimum absolute atomic E-state index is 0.108. The molecule has 0 saturated carbocycles. The summed E-state index contributed by atoms with van der Waals surface area (Å²) in [6, 6.07) is 6.88. The summed E-state index contributed by atoms with van der Waals surface area (Å²) < 4.78 is 13.4. The standard InChI is InChI=1S/C15H16FNOS/c1-9-4-5-12(7-14(9)16)8-17-15(18)13-6-10(2)19-11(13)3/h4-7H,8H2,1-3H3,(H,17,18). The minimum Gasteiger partial charge on any atom is -0.348 e. The molecule has 2 rings (SSSR count). The predicted octanol–water partition coefficient (Wildman–Crippen LogP) is 3.74. The molecule has 0 aliphatic heterocycles. The first kappa shape index (κ1) is 13.7. The predicted molar refractivity (Wildman–Crippen MR) is 76.1 cm³/mol. The number of carbonyl (C=O) groups is 1. The van der Waals surface area contributed by atoms with E-state index in [0.29, 0.717) is 17.7 Å². The molecule has 0 saturated heterocycles. The van der Waals surface area contributed by atoms with Crippen molar-refractivity contribution in [3.8, 4) is 0 Å². The molecule has 1 aromatic carbocycles. The van der Waals surface area contributed by atoms with Crippen LogP contribution in [0.2, 0.25) is 0 Å². The zero-order valence-corrected chi connectivity index (χ0v) is 12.0. The molecule has 0 bridgehead atoms. The zero-order chi connectivity index (χ0) is 14.0. The molecule has 1 aromatic heterocycles. The summed E-state index contributed by atoms with van der Waals surface area (Å²) in [5.74, 6) is -0.350. The highest BCUT2D eigenvalue weighted by Crippen LogP contribution is 2.20. The Labute approximate surface area is 116 Å². The van der Waals surface area contributed by atoms with Gasteiger partial charge in [-0.1, -0.05) is 12.1 Å². The Morgan fingerprint density at radius 1 is 1.26 bits per heavy atom. The van der Waals surface area contributed by atoms with E-state index in [4.69, 9.17) is 0 Å². The average molecular weight is 277 g/mol. The van der Waals surface area contributed by atoms with Crippen molar-refractivity contribution in [3.63, 3.8) is 0 Å². The summed E-state index contributed by atoms with van der Waals surface area (Å²) in [6.45, 7) is 5.96. The van der Waals surface area contributed by atoms with Gasteiger partial charge in [0.25, 0.3) is 5.91 Å². The molecule has 2 aromatic rings. The SMILES string of the molecule is Cc1cc(C(=O)NCc2ccc(C)c(F)c2)c(C)s1. The van der Waals surface area contributed by atoms with Crippen molar-refractivity contribution in [2.24, 2.45) is 0 Å². The van der Waals surface area contributed by atoms with Gasteiger partial charge in [-0.15, -0.1) is 11.3 Å². The summed E-state index contributed by atoms with van der Waals surface area (Å²) in [4.78, 5) is 14.1. The van der Waals surface area contributed by atoms with Crippen LogP contribution in [0.4, 0.5) is 4.39 Å². The summed E-state index contributed by atoms with van der Waals surface area (Å²) in [7, 11) is 0. The molecule has 0 radical (unpaired) electrons. The van der Waals surface area contributed by atoms with Crippen molar-refractivity contribution < 1.29 is 9.18 Å². The molecule has 0 unspecified atom stereocenters. The topological polar surface area (TPSA) is 29.1 Å². The van der Waals surface area contributed by atoms with Gasteiger partial charge < -0.3 is 5.32 Å². The van der Waals surface area contributed by atoms with Crippen molar-refractivity contribution in [3.05, 3.63) is 56.5 Å². The Bertz CT molecular complexity index is 619. The number of benzene rings is 1. The second kappa shape index (κ2) is 5.53. The van der Waals surface area contributed by atoms with Gasteiger partial charge in [-0.2, -0.15) is 0 Å². The molecule has 19 heavy (non-hydrogen) atoms. The number of rotatable bonds is 3. The highest BCUT2D eigenvalue weighted by atomic mass is 32.1. The van der Waals surface area contributed by atoms with Crippen LogP contribution in [-0.2, 0) is 6.54 Å². The van der Waals surface area contributed by atoms with Gasteiger partial charge in [0.05, 0.1) is 5.56 Å². The maximum Gasteiger partial charge on any atom is 0.252 e. The number of thiophene rings is 1. The molecule has 1 amide bonds. The van der Waals surface area contributed by atoms with E-state index in [1.165, 1.54) is 6.07 Å². The summed E-state index contributed by atoms with van der Waals surface area (Å²) >= 11 is 1.60. The van der Waals surface area contributed by atoms with Crippen LogP contribution in [0.25, 0.3) is 0 Å². The first-order valence-electron chi connectivity index (χ1n) is 6.07. The average Bonchev–Trinajstić information content (AvgIpc) is 2.70. The Morgan fingerprint density at radius 3 is 2.58 bits per heavy atom. The Hall–Kier alpha value is -1.68. The molecule has 0 spiro atoms. The Morgan fingerprint density at radius 2 is 2.00 bits per heavy atom. The third kappa shape index (κ3) is 3.20. The normalized spacial score (nSPS) is 10.5. The number of carbonyl (C=O) groups excluding carboxylic acids is 1. The van der Waals surface area contributed by atoms with Crippen LogP contribution in [0.5, 0.6) is 0 Å². The van der Waals surface area contributed by atoms with E-state index in [1.54, 1.807) is 24.3 Å². The van der Waals surface area contributed by atoms with Gasteiger partial charge in [0.2, 0.25) is 0 Å². The Balaban J connectivity index is 2.04. The molecule has 1 N–H and O–H groups in total. The summed E-state index contributed by atoms with van der Waals surface area (Å²) in [5.41, 5.74) is 2.08. The molecule has 0 aliphatic rings. The lowest BCUT2D eigenvalue weighted by Crippen LogP contribution is -2.23. The monoisotopic (exact) mass is 277 g/mol. The molecule has 4 heteroatoms. The van der Waals surface area contributed by atoms with Gasteiger partial charge >= 0.3 is 0 Å². The molecule has 0 fully saturated rings. The molecule has 0 aliphatic carbocycles. The third-order valence-electron chi connectivity index (χ3n) is 2.97. The maximum absolute atomic E-state index is 13.4. The highest BCUT2D eigenvalue weighted by molar-refractivity contribution is 7.12. The van der Waals surface area contributed by atoms with Gasteiger partial charge in [-0.3, -0.25) is 4.79 Å². The van der Waals surface area contributed by atoms with E-state index >= 15 is 0 Å². The first-order valence-corrected chi connectivity index (χ1v) is 6.89. The van der Waals surface area contributed by atoms with Crippen LogP contribution in [0.3, 0.4) is 0 Å². The number of aryl methyl sites for hydroxylation is 3. The Kier molecular flexibility index (Phi) is 4.00. The zero-order valence-electron chi connectivity index (χ0n) is 11.2. The fourth-order valence-corrected chi connectivity index (χ4v) is 2.80. The van der Waals surface area contributed by atoms with E-state index in [9.17, 15) is 9.18 Å². The van der Waals surface area contributed by atoms with E-state index in [0.717, 1.165) is 15.3 Å². The van der Waals surface area contributed by atoms with Crippen molar-refractivity contribution >= 4 is 17.2 Å². The molecule has 100 valence electrons. The molecule has 0 atom stereocenters. The number of nitrogens with one attached hydrogen (secondary N) is 1. The lowest BCUT2D eigenvalue weighted by atomic mass is 10.1. The van der Waals surface area contributed by atoms with Crippen molar-refractivity contribution in [2.45, 2.75) is 27.3 Å². The van der Waals surface area contributed by atoms with Gasteiger partial charge in [0, 0.05) is 16.3 Å². The number of hydrogen-bond donors (Lipinski definition) is 1. The van der Waals surface area contributed by atoms with Gasteiger partial charge in [-0.05, 0) is 44.0 Å². The highest BCUT2D eigenvalue weighted by Gasteiger charge is 2.11. The lowest BCUT2D eigenvalue weighted by molar-refractivity contribution is 0.0950. The molecular formula is C15H16FNOS. The largest absolute Gasteiger partial charge is 0.348 e. The summed E-state index contributed by atoms with van der Waals surface area (Å²) in [6.07, 6.45) is 0. The van der Waals surface area contributed by atoms with Gasteiger partial charge in [0.15, 0.2) is 0 Å². The van der Waals surface area contributed by atoms with E-state index in [1.807, 2.05) is 26.0 Å². The molecule has 2 nitrogen and oxygen atoms in total. The lowest BCUT2D eigenvalue weighted by Gasteiger charge is -2.06. The van der Waals surface area contributed by atoms with Crippen LogP contribution < -0.4 is 5.32 Å². The van der Waals surface area contributed by atoms with Gasteiger partial charge in [0.1, 0.15) is 5.82 Å². The van der Waals surface area contributed by atoms with E-state index in [-0.39, 0.29) is 11.7 Å².